The van der Waals surface area contributed by atoms with E-state index in [-0.39, 0.29) is 29.5 Å². The van der Waals surface area contributed by atoms with Crippen LogP contribution in [0.3, 0.4) is 0 Å². The Hall–Kier alpha value is -3.81. The van der Waals surface area contributed by atoms with Crippen molar-refractivity contribution in [2.45, 2.75) is 65.9 Å². The quantitative estimate of drug-likeness (QED) is 0.247. The number of ether oxygens (including phenoxy) is 2. The highest BCUT2D eigenvalue weighted by molar-refractivity contribution is 6.22. The van der Waals surface area contributed by atoms with Crippen molar-refractivity contribution in [2.75, 3.05) is 13.2 Å². The average Bonchev–Trinajstić information content (AvgIpc) is 3.06. The van der Waals surface area contributed by atoms with Gasteiger partial charge in [0.25, 0.3) is 11.8 Å². The lowest BCUT2D eigenvalue weighted by atomic mass is 9.77. The van der Waals surface area contributed by atoms with Crippen molar-refractivity contribution >= 4 is 29.5 Å². The van der Waals surface area contributed by atoms with Gasteiger partial charge in [-0.25, -0.2) is 0 Å². The van der Waals surface area contributed by atoms with Crippen LogP contribution >= 0.6 is 0 Å². The van der Waals surface area contributed by atoms with Gasteiger partial charge in [0, 0.05) is 5.56 Å². The van der Waals surface area contributed by atoms with E-state index in [4.69, 9.17) is 9.47 Å². The summed E-state index contributed by atoms with van der Waals surface area (Å²) in [4.78, 5) is 63.1. The third-order valence-electron chi connectivity index (χ3n) is 6.37. The lowest BCUT2D eigenvalue weighted by molar-refractivity contribution is -0.158. The molecule has 1 aliphatic rings. The first kappa shape index (κ1) is 28.8. The largest absolute Gasteiger partial charge is 0.464 e. The van der Waals surface area contributed by atoms with Gasteiger partial charge in [-0.1, -0.05) is 50.2 Å². The van der Waals surface area contributed by atoms with Crippen molar-refractivity contribution in [3.8, 4) is 0 Å². The summed E-state index contributed by atoms with van der Waals surface area (Å²) in [5, 5.41) is 0. The number of amides is 2. The summed E-state index contributed by atoms with van der Waals surface area (Å²) >= 11 is 0. The topological polar surface area (TPSA) is 107 Å². The molecule has 0 fully saturated rings. The molecule has 1 atom stereocenters. The van der Waals surface area contributed by atoms with Crippen LogP contribution in [-0.2, 0) is 19.1 Å². The minimum Gasteiger partial charge on any atom is -0.464 e. The number of nitrogens with zero attached hydrogens (tertiary/aromatic N) is 1. The van der Waals surface area contributed by atoms with E-state index in [0.717, 1.165) is 10.5 Å². The van der Waals surface area contributed by atoms with Crippen LogP contribution in [0.15, 0.2) is 48.5 Å². The maximum atomic E-state index is 13.1. The highest BCUT2D eigenvalue weighted by Gasteiger charge is 2.37. The Bertz CT molecular complexity index is 1200. The Labute approximate surface area is 223 Å². The summed E-state index contributed by atoms with van der Waals surface area (Å²) in [6.45, 7) is 10.4. The lowest BCUT2D eigenvalue weighted by Crippen LogP contribution is -2.36. The van der Waals surface area contributed by atoms with Gasteiger partial charge >= 0.3 is 11.9 Å². The summed E-state index contributed by atoms with van der Waals surface area (Å²) in [7, 11) is 0. The Morgan fingerprint density at radius 3 is 1.92 bits per heavy atom. The SMILES string of the molecule is CC(=O)c1ccc([C@@H](CC(C)(C)CCOC(=O)CN2C(=O)c3ccccc3C2=O)C(=O)OC(C)(C)C)cc1. The molecule has 202 valence electrons. The Kier molecular flexibility index (Phi) is 8.54. The molecule has 0 bridgehead atoms. The van der Waals surface area contributed by atoms with Crippen molar-refractivity contribution in [2.24, 2.45) is 5.41 Å². The van der Waals surface area contributed by atoms with Crippen LogP contribution in [0.25, 0.3) is 0 Å². The zero-order valence-corrected chi connectivity index (χ0v) is 22.8. The molecule has 8 heteroatoms. The van der Waals surface area contributed by atoms with Gasteiger partial charge < -0.3 is 9.47 Å². The van der Waals surface area contributed by atoms with E-state index in [2.05, 4.69) is 0 Å². The van der Waals surface area contributed by atoms with Gasteiger partial charge in [-0.05, 0) is 63.6 Å². The van der Waals surface area contributed by atoms with Gasteiger partial charge in [-0.3, -0.25) is 28.9 Å². The molecular formula is C30H35NO7. The first-order valence-corrected chi connectivity index (χ1v) is 12.6. The number of hydrogen-bond acceptors (Lipinski definition) is 7. The first-order valence-electron chi connectivity index (χ1n) is 12.6. The van der Waals surface area contributed by atoms with Crippen molar-refractivity contribution in [3.05, 3.63) is 70.8 Å². The third-order valence-corrected chi connectivity index (χ3v) is 6.37. The van der Waals surface area contributed by atoms with E-state index in [1.54, 1.807) is 69.3 Å². The van der Waals surface area contributed by atoms with Crippen LogP contribution in [-0.4, -0.2) is 53.2 Å². The smallest absolute Gasteiger partial charge is 0.326 e. The molecule has 0 unspecified atom stereocenters. The predicted molar refractivity (Wildman–Crippen MR) is 141 cm³/mol. The molecule has 0 saturated carbocycles. The number of imide groups is 1. The molecule has 2 aromatic rings. The van der Waals surface area contributed by atoms with Crippen LogP contribution in [0.2, 0.25) is 0 Å². The summed E-state index contributed by atoms with van der Waals surface area (Å²) in [6.07, 6.45) is 0.850. The zero-order valence-electron chi connectivity index (χ0n) is 22.8. The van der Waals surface area contributed by atoms with E-state index in [9.17, 15) is 24.0 Å². The summed E-state index contributed by atoms with van der Waals surface area (Å²) in [5.74, 6) is -2.73. The molecular weight excluding hydrogens is 486 g/mol. The Balaban J connectivity index is 1.62. The molecule has 0 radical (unpaired) electrons. The van der Waals surface area contributed by atoms with Crippen molar-refractivity contribution < 1.29 is 33.4 Å². The summed E-state index contributed by atoms with van der Waals surface area (Å²) in [6, 6.07) is 13.4. The number of benzene rings is 2. The highest BCUT2D eigenvalue weighted by Crippen LogP contribution is 2.36. The Morgan fingerprint density at radius 1 is 0.868 bits per heavy atom. The second kappa shape index (κ2) is 11.3. The van der Waals surface area contributed by atoms with Crippen LogP contribution in [0.1, 0.15) is 96.9 Å². The number of carbonyl (C=O) groups excluding carboxylic acids is 5. The predicted octanol–water partition coefficient (Wildman–Crippen LogP) is 4.96. The van der Waals surface area contributed by atoms with Gasteiger partial charge in [0.1, 0.15) is 12.1 Å². The number of carbonyl (C=O) groups is 5. The normalized spacial score (nSPS) is 14.2. The van der Waals surface area contributed by atoms with E-state index in [0.29, 0.717) is 18.4 Å². The van der Waals surface area contributed by atoms with Gasteiger partial charge in [0.15, 0.2) is 5.78 Å². The molecule has 0 aromatic heterocycles. The highest BCUT2D eigenvalue weighted by atomic mass is 16.6. The minimum absolute atomic E-state index is 0.0549. The van der Waals surface area contributed by atoms with E-state index >= 15 is 0 Å². The van der Waals surface area contributed by atoms with E-state index < -0.39 is 41.3 Å². The van der Waals surface area contributed by atoms with Crippen LogP contribution in [0, 0.1) is 5.41 Å². The molecule has 0 aliphatic carbocycles. The third kappa shape index (κ3) is 7.15. The van der Waals surface area contributed by atoms with Crippen LogP contribution in [0.4, 0.5) is 0 Å². The maximum absolute atomic E-state index is 13.1. The van der Waals surface area contributed by atoms with Crippen LogP contribution in [0.5, 0.6) is 0 Å². The maximum Gasteiger partial charge on any atom is 0.326 e. The van der Waals surface area contributed by atoms with Crippen molar-refractivity contribution in [3.63, 3.8) is 0 Å². The number of esters is 2. The fourth-order valence-electron chi connectivity index (χ4n) is 4.31. The molecule has 38 heavy (non-hydrogen) atoms. The van der Waals surface area contributed by atoms with Gasteiger partial charge in [-0.15, -0.1) is 0 Å². The first-order chi connectivity index (χ1) is 17.7. The van der Waals surface area contributed by atoms with Crippen molar-refractivity contribution in [1.82, 2.24) is 4.90 Å². The lowest BCUT2D eigenvalue weighted by Gasteiger charge is -2.31. The molecule has 3 rings (SSSR count). The summed E-state index contributed by atoms with van der Waals surface area (Å²) < 4.78 is 11.0. The number of fused-ring (bicyclic) bond motifs is 1. The fourth-order valence-corrected chi connectivity index (χ4v) is 4.31. The second-order valence-corrected chi connectivity index (χ2v) is 11.3. The molecule has 2 aromatic carbocycles. The van der Waals surface area contributed by atoms with E-state index in [1.165, 1.54) is 6.92 Å². The number of rotatable bonds is 10. The minimum atomic E-state index is -0.682. The molecule has 1 aliphatic heterocycles. The Morgan fingerprint density at radius 2 is 1.42 bits per heavy atom. The van der Waals surface area contributed by atoms with Gasteiger partial charge in [0.2, 0.25) is 0 Å². The fraction of sp³-hybridized carbons (Fsp3) is 0.433. The molecule has 0 saturated heterocycles. The van der Waals surface area contributed by atoms with Crippen molar-refractivity contribution in [1.29, 1.82) is 0 Å². The molecule has 2 amide bonds. The number of Topliss-reactive ketones (excluding diaryl/α,β-unsaturated/α-hetero) is 1. The van der Waals surface area contributed by atoms with Crippen LogP contribution < -0.4 is 0 Å². The van der Waals surface area contributed by atoms with E-state index in [1.807, 2.05) is 13.8 Å². The summed E-state index contributed by atoms with van der Waals surface area (Å²) in [5.41, 5.74) is 0.738. The zero-order chi connectivity index (χ0) is 28.3. The molecule has 0 spiro atoms. The van der Waals surface area contributed by atoms with Gasteiger partial charge in [0.05, 0.1) is 23.7 Å². The number of ketones is 1. The molecule has 0 N–H and O–H groups in total. The molecule has 8 nitrogen and oxygen atoms in total. The second-order valence-electron chi connectivity index (χ2n) is 11.3. The average molecular weight is 522 g/mol. The van der Waals surface area contributed by atoms with Gasteiger partial charge in [-0.2, -0.15) is 0 Å². The number of hydrogen-bond donors (Lipinski definition) is 0. The monoisotopic (exact) mass is 521 g/mol. The standard InChI is InChI=1S/C30H35NO7/c1-19(32)20-11-13-21(14-12-20)24(28(36)38-29(2,3)4)17-30(5,6)15-16-37-25(33)18-31-26(34)22-9-7-8-10-23(22)27(31)35/h7-14,24H,15-18H2,1-6H3/t24-/m1/s1. The molecule has 1 heterocycles.